The highest BCUT2D eigenvalue weighted by Gasteiger charge is 2.43. The van der Waals surface area contributed by atoms with E-state index >= 15 is 0 Å². The lowest BCUT2D eigenvalue weighted by molar-refractivity contribution is -0.0301. The Bertz CT molecular complexity index is 650. The summed E-state index contributed by atoms with van der Waals surface area (Å²) in [5.74, 6) is 0. The van der Waals surface area contributed by atoms with Gasteiger partial charge in [-0.3, -0.25) is 5.32 Å². The molecule has 1 amide bonds. The first-order valence-corrected chi connectivity index (χ1v) is 9.78. The number of piperidine rings is 1. The van der Waals surface area contributed by atoms with Crippen LogP contribution < -0.4 is 5.32 Å². The van der Waals surface area contributed by atoms with Crippen LogP contribution in [0.15, 0.2) is 36.0 Å². The number of amides is 1. The third-order valence-corrected chi connectivity index (χ3v) is 5.91. The highest BCUT2D eigenvalue weighted by atomic mass is 16.6. The Kier molecular flexibility index (Phi) is 4.69. The minimum Gasteiger partial charge on any atom is -0.438 e. The lowest BCUT2D eigenvalue weighted by Gasteiger charge is -2.44. The second kappa shape index (κ2) is 7.11. The van der Waals surface area contributed by atoms with Crippen molar-refractivity contribution in [3.63, 3.8) is 0 Å². The molecule has 4 nitrogen and oxygen atoms in total. The van der Waals surface area contributed by atoms with E-state index in [2.05, 4.69) is 22.5 Å². The van der Waals surface area contributed by atoms with Crippen molar-refractivity contribution in [2.45, 2.75) is 63.4 Å². The fourth-order valence-corrected chi connectivity index (χ4v) is 4.49. The first-order chi connectivity index (χ1) is 12.3. The van der Waals surface area contributed by atoms with Gasteiger partial charge in [0.05, 0.1) is 5.69 Å². The monoisotopic (exact) mass is 340 g/mol. The molecule has 2 fully saturated rings. The summed E-state index contributed by atoms with van der Waals surface area (Å²) in [5, 5.41) is 2.83. The van der Waals surface area contributed by atoms with E-state index < -0.39 is 5.60 Å². The van der Waals surface area contributed by atoms with Gasteiger partial charge in [-0.05, 0) is 37.9 Å². The van der Waals surface area contributed by atoms with Gasteiger partial charge in [0.15, 0.2) is 0 Å². The number of hydrogen-bond donors (Lipinski definition) is 1. The number of anilines is 1. The maximum Gasteiger partial charge on any atom is 0.412 e. The van der Waals surface area contributed by atoms with Crippen LogP contribution >= 0.6 is 0 Å². The van der Waals surface area contributed by atoms with Gasteiger partial charge < -0.3 is 9.64 Å². The molecule has 0 atom stereocenters. The van der Waals surface area contributed by atoms with Crippen LogP contribution in [-0.2, 0) is 10.3 Å². The van der Waals surface area contributed by atoms with Crippen molar-refractivity contribution < 1.29 is 9.53 Å². The van der Waals surface area contributed by atoms with E-state index in [0.717, 1.165) is 37.2 Å². The molecule has 25 heavy (non-hydrogen) atoms. The van der Waals surface area contributed by atoms with Crippen molar-refractivity contribution in [1.29, 1.82) is 0 Å². The molecule has 1 saturated carbocycles. The minimum atomic E-state index is -0.450. The van der Waals surface area contributed by atoms with E-state index in [4.69, 9.17) is 4.74 Å². The maximum absolute atomic E-state index is 12.0. The number of ether oxygens (including phenoxy) is 1. The average molecular weight is 340 g/mol. The first-order valence-electron chi connectivity index (χ1n) is 9.78. The summed E-state index contributed by atoms with van der Waals surface area (Å²) < 4.78 is 5.82. The SMILES string of the molecule is O=C1Nc2ccccc2C2(CCN(C=C3CCCCCCC3)CC2)O1. The Hall–Kier alpha value is -1.97. The van der Waals surface area contributed by atoms with E-state index in [1.807, 2.05) is 18.2 Å². The Morgan fingerprint density at radius 3 is 2.44 bits per heavy atom. The molecule has 1 spiro atoms. The molecule has 0 radical (unpaired) electrons. The number of likely N-dealkylation sites (tertiary alicyclic amines) is 1. The minimum absolute atomic E-state index is 0.314. The molecule has 4 rings (SSSR count). The van der Waals surface area contributed by atoms with Gasteiger partial charge in [0.2, 0.25) is 0 Å². The molecule has 0 aromatic heterocycles. The number of para-hydroxylation sites is 1. The fourth-order valence-electron chi connectivity index (χ4n) is 4.49. The molecule has 4 heteroatoms. The zero-order valence-corrected chi connectivity index (χ0v) is 14.9. The number of carbonyl (C=O) groups is 1. The topological polar surface area (TPSA) is 41.6 Å². The third kappa shape index (κ3) is 3.53. The highest BCUT2D eigenvalue weighted by Crippen LogP contribution is 2.43. The van der Waals surface area contributed by atoms with E-state index in [9.17, 15) is 4.79 Å². The summed E-state index contributed by atoms with van der Waals surface area (Å²) in [6.45, 7) is 1.90. The van der Waals surface area contributed by atoms with E-state index in [1.54, 1.807) is 5.57 Å². The van der Waals surface area contributed by atoms with E-state index in [-0.39, 0.29) is 6.09 Å². The van der Waals surface area contributed by atoms with Crippen LogP contribution in [0.5, 0.6) is 0 Å². The molecule has 1 aliphatic carbocycles. The molecule has 2 aliphatic heterocycles. The molecule has 134 valence electrons. The summed E-state index contributed by atoms with van der Waals surface area (Å²) in [7, 11) is 0. The Labute approximate surface area is 150 Å². The molecule has 3 aliphatic rings. The van der Waals surface area contributed by atoms with Crippen molar-refractivity contribution in [2.24, 2.45) is 0 Å². The Morgan fingerprint density at radius 2 is 1.68 bits per heavy atom. The number of rotatable bonds is 1. The van der Waals surface area contributed by atoms with Crippen LogP contribution in [0, 0.1) is 0 Å². The summed E-state index contributed by atoms with van der Waals surface area (Å²) >= 11 is 0. The summed E-state index contributed by atoms with van der Waals surface area (Å²) in [6.07, 6.45) is 13.1. The predicted octanol–water partition coefficient (Wildman–Crippen LogP) is 5.17. The molecule has 0 bridgehead atoms. The number of carbonyl (C=O) groups excluding carboxylic acids is 1. The molecule has 1 aromatic carbocycles. The van der Waals surface area contributed by atoms with Crippen LogP contribution in [0.1, 0.15) is 63.4 Å². The standard InChI is InChI=1S/C21H28N2O2/c24-20-22-19-11-7-6-10-18(19)21(25-20)12-14-23(15-13-21)16-17-8-4-2-1-3-5-9-17/h6-7,10-11,16H,1-5,8-9,12-15H2,(H,22,24). The second-order valence-corrected chi connectivity index (χ2v) is 7.65. The van der Waals surface area contributed by atoms with Crippen molar-refractivity contribution in [3.8, 4) is 0 Å². The fraction of sp³-hybridized carbons (Fsp3) is 0.571. The smallest absolute Gasteiger partial charge is 0.412 e. The van der Waals surface area contributed by atoms with Crippen LogP contribution in [0.2, 0.25) is 0 Å². The number of hydrogen-bond acceptors (Lipinski definition) is 3. The number of nitrogens with zero attached hydrogens (tertiary/aromatic N) is 1. The highest BCUT2D eigenvalue weighted by molar-refractivity contribution is 5.88. The van der Waals surface area contributed by atoms with Gasteiger partial charge in [-0.1, -0.05) is 43.0 Å². The van der Waals surface area contributed by atoms with E-state index in [1.165, 1.54) is 44.9 Å². The van der Waals surface area contributed by atoms with Gasteiger partial charge in [-0.2, -0.15) is 0 Å². The van der Waals surface area contributed by atoms with Crippen LogP contribution in [0.3, 0.4) is 0 Å². The maximum atomic E-state index is 12.0. The first kappa shape index (κ1) is 16.5. The molecule has 1 saturated heterocycles. The van der Waals surface area contributed by atoms with Crippen molar-refractivity contribution in [3.05, 3.63) is 41.6 Å². The number of benzene rings is 1. The normalized spacial score (nSPS) is 23.1. The largest absolute Gasteiger partial charge is 0.438 e. The molecule has 2 heterocycles. The number of allylic oxidation sites excluding steroid dienone is 1. The lowest BCUT2D eigenvalue weighted by Crippen LogP contribution is -2.47. The number of fused-ring (bicyclic) bond motifs is 2. The summed E-state index contributed by atoms with van der Waals surface area (Å²) in [6, 6.07) is 8.06. The van der Waals surface area contributed by atoms with Crippen molar-refractivity contribution in [1.82, 2.24) is 4.90 Å². The molecule has 1 aromatic rings. The lowest BCUT2D eigenvalue weighted by atomic mass is 9.82. The summed E-state index contributed by atoms with van der Waals surface area (Å²) in [5.41, 5.74) is 3.20. The number of nitrogens with one attached hydrogen (secondary N) is 1. The predicted molar refractivity (Wildman–Crippen MR) is 99.4 cm³/mol. The third-order valence-electron chi connectivity index (χ3n) is 5.91. The van der Waals surface area contributed by atoms with Gasteiger partial charge in [0.1, 0.15) is 5.60 Å². The average Bonchev–Trinajstić information content (AvgIpc) is 2.59. The van der Waals surface area contributed by atoms with Gasteiger partial charge in [0, 0.05) is 31.5 Å². The van der Waals surface area contributed by atoms with Crippen LogP contribution in [0.25, 0.3) is 0 Å². The second-order valence-electron chi connectivity index (χ2n) is 7.65. The van der Waals surface area contributed by atoms with Crippen molar-refractivity contribution >= 4 is 11.8 Å². The molecule has 0 unspecified atom stereocenters. The van der Waals surface area contributed by atoms with Gasteiger partial charge >= 0.3 is 6.09 Å². The van der Waals surface area contributed by atoms with Crippen LogP contribution in [0.4, 0.5) is 10.5 Å². The van der Waals surface area contributed by atoms with Crippen LogP contribution in [-0.4, -0.2) is 24.1 Å². The van der Waals surface area contributed by atoms with E-state index in [0.29, 0.717) is 0 Å². The van der Waals surface area contributed by atoms with Gasteiger partial charge in [-0.15, -0.1) is 0 Å². The Morgan fingerprint density at radius 1 is 1.00 bits per heavy atom. The molecular formula is C21H28N2O2. The zero-order valence-electron chi connectivity index (χ0n) is 14.9. The van der Waals surface area contributed by atoms with Gasteiger partial charge in [0.25, 0.3) is 0 Å². The molecular weight excluding hydrogens is 312 g/mol. The quantitative estimate of drug-likeness (QED) is 0.767. The molecule has 1 N–H and O–H groups in total. The zero-order chi connectivity index (χ0) is 17.1. The van der Waals surface area contributed by atoms with Crippen molar-refractivity contribution in [2.75, 3.05) is 18.4 Å². The van der Waals surface area contributed by atoms with Gasteiger partial charge in [-0.25, -0.2) is 4.79 Å². The Balaban J connectivity index is 1.47. The summed E-state index contributed by atoms with van der Waals surface area (Å²) in [4.78, 5) is 14.5.